The van der Waals surface area contributed by atoms with Gasteiger partial charge in [-0.15, -0.1) is 11.3 Å². The number of likely N-dealkylation sites (tertiary alicyclic amines) is 1. The molecule has 0 aliphatic carbocycles. The molecule has 3 atom stereocenters. The first kappa shape index (κ1) is 36.1. The minimum atomic E-state index is -0.916. The van der Waals surface area contributed by atoms with Gasteiger partial charge in [-0.2, -0.15) is 0 Å². The fourth-order valence-electron chi connectivity index (χ4n) is 4.99. The van der Waals surface area contributed by atoms with Gasteiger partial charge in [0.2, 0.25) is 17.7 Å². The zero-order chi connectivity index (χ0) is 33.4. The number of hydrogen-bond donors (Lipinski definition) is 3. The fourth-order valence-corrected chi connectivity index (χ4v) is 5.80. The summed E-state index contributed by atoms with van der Waals surface area (Å²) < 4.78 is 10.8. The third-order valence-electron chi connectivity index (χ3n) is 7.27. The molecule has 1 fully saturated rings. The molecule has 1 aliphatic rings. The number of ether oxygens (including phenoxy) is 2. The summed E-state index contributed by atoms with van der Waals surface area (Å²) in [6.45, 7) is 13.6. The van der Waals surface area contributed by atoms with Crippen LogP contribution in [0.5, 0.6) is 0 Å². The number of β-amino-alcohol motifs (C(OH)–C–C–N with tert-alkyl or cyclic N) is 1. The van der Waals surface area contributed by atoms with Crippen molar-refractivity contribution in [3.05, 3.63) is 41.0 Å². The summed E-state index contributed by atoms with van der Waals surface area (Å²) in [5.74, 6) is -1.45. The van der Waals surface area contributed by atoms with Crippen molar-refractivity contribution < 1.29 is 33.8 Å². The zero-order valence-electron chi connectivity index (χ0n) is 27.5. The van der Waals surface area contributed by atoms with Crippen molar-refractivity contribution in [2.45, 2.75) is 104 Å². The summed E-state index contributed by atoms with van der Waals surface area (Å²) in [4.78, 5) is 58.4. The molecule has 12 heteroatoms. The number of carbonyl (C=O) groups is 4. The van der Waals surface area contributed by atoms with E-state index in [-0.39, 0.29) is 56.7 Å². The molecule has 3 N–H and O–H groups in total. The largest absolute Gasteiger partial charge is 0.460 e. The Morgan fingerprint density at radius 1 is 1.07 bits per heavy atom. The van der Waals surface area contributed by atoms with Gasteiger partial charge in [0, 0.05) is 39.0 Å². The molecule has 248 valence electrons. The molecule has 3 amide bonds. The molecule has 3 rings (SSSR count). The van der Waals surface area contributed by atoms with Crippen LogP contribution in [0.3, 0.4) is 0 Å². The summed E-state index contributed by atoms with van der Waals surface area (Å²) in [6, 6.07) is 6.09. The summed E-state index contributed by atoms with van der Waals surface area (Å²) in [5, 5.41) is 16.2. The van der Waals surface area contributed by atoms with Crippen LogP contribution in [-0.2, 0) is 35.2 Å². The Bertz CT molecular complexity index is 1310. The monoisotopic (exact) mass is 644 g/mol. The van der Waals surface area contributed by atoms with Crippen LogP contribution < -0.4 is 10.6 Å². The summed E-state index contributed by atoms with van der Waals surface area (Å²) >= 11 is 1.57. The molecule has 2 heterocycles. The maximum atomic E-state index is 13.8. The number of aromatic nitrogens is 1. The van der Waals surface area contributed by atoms with Gasteiger partial charge in [0.05, 0.1) is 28.8 Å². The smallest absolute Gasteiger partial charge is 0.306 e. The van der Waals surface area contributed by atoms with Crippen molar-refractivity contribution in [1.82, 2.24) is 20.5 Å². The molecule has 1 aromatic heterocycles. The Morgan fingerprint density at radius 2 is 1.76 bits per heavy atom. The highest BCUT2D eigenvalue weighted by Gasteiger charge is 2.44. The summed E-state index contributed by atoms with van der Waals surface area (Å²) in [6.07, 6.45) is -0.0151. The Labute approximate surface area is 270 Å². The van der Waals surface area contributed by atoms with Crippen LogP contribution in [0.2, 0.25) is 0 Å². The second-order valence-corrected chi connectivity index (χ2v) is 14.4. The Kier molecular flexibility index (Phi) is 12.7. The van der Waals surface area contributed by atoms with Crippen molar-refractivity contribution in [3.63, 3.8) is 0 Å². The van der Waals surface area contributed by atoms with Gasteiger partial charge in [-0.1, -0.05) is 45.0 Å². The van der Waals surface area contributed by atoms with E-state index >= 15 is 0 Å². The number of hydrogen-bond acceptors (Lipinski definition) is 9. The molecular weight excluding hydrogens is 596 g/mol. The normalized spacial score (nSPS) is 17.6. The number of aliphatic hydroxyl groups excluding tert-OH is 1. The average Bonchev–Trinajstić information content (AvgIpc) is 3.56. The number of rotatable bonds is 13. The number of amides is 3. The van der Waals surface area contributed by atoms with Crippen LogP contribution in [0.1, 0.15) is 78.5 Å². The number of carbonyl (C=O) groups excluding carboxylic acids is 4. The lowest BCUT2D eigenvalue weighted by atomic mass is 9.85. The molecule has 2 aromatic rings. The first-order chi connectivity index (χ1) is 21.0. The van der Waals surface area contributed by atoms with E-state index < -0.39 is 35.1 Å². The van der Waals surface area contributed by atoms with Gasteiger partial charge in [0.15, 0.2) is 0 Å². The molecule has 1 aromatic carbocycles. The molecule has 0 bridgehead atoms. The summed E-state index contributed by atoms with van der Waals surface area (Å²) in [5.41, 5.74) is 3.54. The highest BCUT2D eigenvalue weighted by molar-refractivity contribution is 7.13. The van der Waals surface area contributed by atoms with Crippen molar-refractivity contribution >= 4 is 35.0 Å². The lowest BCUT2D eigenvalue weighted by Crippen LogP contribution is -2.57. The van der Waals surface area contributed by atoms with Crippen LogP contribution in [0.25, 0.3) is 10.4 Å². The quantitative estimate of drug-likeness (QED) is 0.221. The van der Waals surface area contributed by atoms with Gasteiger partial charge < -0.3 is 30.1 Å². The SMILES string of the molecule is Cc1ncsc1-c1ccc(CNC(=O)C2CC(O)CN2C(=O)C(NC(=O)CCOCCCC(=O)OC(C)(C)C)C(C)(C)C)cc1. The van der Waals surface area contributed by atoms with E-state index in [1.807, 2.05) is 78.2 Å². The number of benzene rings is 1. The van der Waals surface area contributed by atoms with Crippen LogP contribution in [0.15, 0.2) is 29.8 Å². The Morgan fingerprint density at radius 3 is 2.36 bits per heavy atom. The first-order valence-corrected chi connectivity index (χ1v) is 16.3. The topological polar surface area (TPSA) is 147 Å². The van der Waals surface area contributed by atoms with Gasteiger partial charge in [-0.3, -0.25) is 19.2 Å². The standard InChI is InChI=1S/C33H48N4O7S/c1-21-28(45-20-35-21)23-12-10-22(11-13-23)18-34-30(41)25-17-24(38)19-37(25)31(42)29(32(2,3)4)36-26(39)14-16-43-15-8-9-27(40)44-33(5,6)7/h10-13,20,24-25,29,38H,8-9,14-19H2,1-7H3,(H,34,41)(H,36,39). The fraction of sp³-hybridized carbons (Fsp3) is 0.606. The maximum Gasteiger partial charge on any atom is 0.306 e. The lowest BCUT2D eigenvalue weighted by Gasteiger charge is -2.35. The number of aliphatic hydroxyl groups is 1. The second kappa shape index (κ2) is 15.8. The van der Waals surface area contributed by atoms with E-state index in [0.717, 1.165) is 21.7 Å². The number of nitrogens with zero attached hydrogens (tertiary/aromatic N) is 2. The summed E-state index contributed by atoms with van der Waals surface area (Å²) in [7, 11) is 0. The number of aryl methyl sites for hydroxylation is 1. The van der Waals surface area contributed by atoms with Crippen LogP contribution >= 0.6 is 11.3 Å². The van der Waals surface area contributed by atoms with Gasteiger partial charge >= 0.3 is 5.97 Å². The third kappa shape index (κ3) is 11.2. The average molecular weight is 645 g/mol. The van der Waals surface area contributed by atoms with Crippen LogP contribution in [0, 0.1) is 12.3 Å². The molecule has 0 saturated carbocycles. The van der Waals surface area contributed by atoms with Crippen molar-refractivity contribution in [3.8, 4) is 10.4 Å². The van der Waals surface area contributed by atoms with Gasteiger partial charge in [-0.05, 0) is 50.7 Å². The predicted molar refractivity (Wildman–Crippen MR) is 172 cm³/mol. The third-order valence-corrected chi connectivity index (χ3v) is 8.25. The minimum absolute atomic E-state index is 0.00300. The minimum Gasteiger partial charge on any atom is -0.460 e. The zero-order valence-corrected chi connectivity index (χ0v) is 28.3. The highest BCUT2D eigenvalue weighted by atomic mass is 32.1. The molecule has 45 heavy (non-hydrogen) atoms. The predicted octanol–water partition coefficient (Wildman–Crippen LogP) is 3.76. The molecular formula is C33H48N4O7S. The molecule has 0 radical (unpaired) electrons. The van der Waals surface area contributed by atoms with E-state index in [0.29, 0.717) is 13.0 Å². The molecule has 1 aliphatic heterocycles. The maximum absolute atomic E-state index is 13.8. The van der Waals surface area contributed by atoms with Gasteiger partial charge in [0.1, 0.15) is 17.7 Å². The molecule has 0 spiro atoms. The van der Waals surface area contributed by atoms with Crippen LogP contribution in [0.4, 0.5) is 0 Å². The van der Waals surface area contributed by atoms with Gasteiger partial charge in [0.25, 0.3) is 0 Å². The van der Waals surface area contributed by atoms with E-state index in [4.69, 9.17) is 9.47 Å². The molecule has 3 unspecified atom stereocenters. The first-order valence-electron chi connectivity index (χ1n) is 15.4. The number of esters is 1. The van der Waals surface area contributed by atoms with E-state index in [2.05, 4.69) is 15.6 Å². The Hall–Kier alpha value is -3.35. The van der Waals surface area contributed by atoms with Crippen molar-refractivity contribution in [1.29, 1.82) is 0 Å². The second-order valence-electron chi connectivity index (χ2n) is 13.5. The van der Waals surface area contributed by atoms with E-state index in [1.165, 1.54) is 4.90 Å². The number of thiazole rings is 1. The highest BCUT2D eigenvalue weighted by Crippen LogP contribution is 2.28. The Balaban J connectivity index is 1.51. The lowest BCUT2D eigenvalue weighted by molar-refractivity contribution is -0.155. The van der Waals surface area contributed by atoms with E-state index in [9.17, 15) is 24.3 Å². The van der Waals surface area contributed by atoms with Crippen molar-refractivity contribution in [2.24, 2.45) is 5.41 Å². The van der Waals surface area contributed by atoms with E-state index in [1.54, 1.807) is 11.3 Å². The van der Waals surface area contributed by atoms with Gasteiger partial charge in [-0.25, -0.2) is 4.98 Å². The molecule has 11 nitrogen and oxygen atoms in total. The number of nitrogens with one attached hydrogen (secondary N) is 2. The van der Waals surface area contributed by atoms with Crippen molar-refractivity contribution in [2.75, 3.05) is 19.8 Å². The molecule has 1 saturated heterocycles. The van der Waals surface area contributed by atoms with Crippen LogP contribution in [-0.4, -0.2) is 82.2 Å².